The zero-order valence-corrected chi connectivity index (χ0v) is 15.5. The van der Waals surface area contributed by atoms with Gasteiger partial charge in [-0.15, -0.1) is 0 Å². The van der Waals surface area contributed by atoms with E-state index in [0.717, 1.165) is 37.0 Å². The lowest BCUT2D eigenvalue weighted by molar-refractivity contribution is -0.385. The van der Waals surface area contributed by atoms with Crippen LogP contribution in [-0.4, -0.2) is 16.7 Å². The molecule has 0 spiro atoms. The summed E-state index contributed by atoms with van der Waals surface area (Å²) in [4.78, 5) is 35.1. The predicted molar refractivity (Wildman–Crippen MR) is 98.7 cm³/mol. The molecule has 4 aliphatic carbocycles. The Labute approximate surface area is 158 Å². The number of nitrogens with one attached hydrogen (secondary N) is 2. The van der Waals surface area contributed by atoms with E-state index in [0.29, 0.717) is 12.0 Å². The summed E-state index contributed by atoms with van der Waals surface area (Å²) in [6.45, 7) is 1.58. The van der Waals surface area contributed by atoms with Crippen LogP contribution in [0.4, 0.5) is 5.69 Å². The second-order valence-electron chi connectivity index (χ2n) is 8.86. The van der Waals surface area contributed by atoms with Crippen molar-refractivity contribution < 1.29 is 14.5 Å². The van der Waals surface area contributed by atoms with Crippen molar-refractivity contribution in [3.8, 4) is 0 Å². The summed E-state index contributed by atoms with van der Waals surface area (Å²) in [7, 11) is 0. The number of nitro benzene ring substituents is 1. The van der Waals surface area contributed by atoms with Crippen molar-refractivity contribution in [1.29, 1.82) is 0 Å². The van der Waals surface area contributed by atoms with Gasteiger partial charge in [-0.2, -0.15) is 0 Å². The summed E-state index contributed by atoms with van der Waals surface area (Å²) in [6.07, 6.45) is 7.88. The molecule has 4 aliphatic rings. The van der Waals surface area contributed by atoms with Gasteiger partial charge >= 0.3 is 0 Å². The van der Waals surface area contributed by atoms with Crippen LogP contribution in [0, 0.1) is 40.2 Å². The predicted octanol–water partition coefficient (Wildman–Crippen LogP) is 3.27. The summed E-state index contributed by atoms with van der Waals surface area (Å²) in [6, 6.07) is 4.16. The molecule has 4 bridgehead atoms. The summed E-state index contributed by atoms with van der Waals surface area (Å²) >= 11 is 0. The van der Waals surface area contributed by atoms with Gasteiger partial charge in [-0.3, -0.25) is 30.6 Å². The van der Waals surface area contributed by atoms with Gasteiger partial charge in [-0.1, -0.05) is 0 Å². The van der Waals surface area contributed by atoms with Gasteiger partial charge in [0.2, 0.25) is 5.91 Å². The molecule has 0 unspecified atom stereocenters. The van der Waals surface area contributed by atoms with Crippen LogP contribution < -0.4 is 10.9 Å². The van der Waals surface area contributed by atoms with Crippen LogP contribution >= 0.6 is 0 Å². The molecule has 0 aromatic heterocycles. The molecule has 2 N–H and O–H groups in total. The van der Waals surface area contributed by atoms with Gasteiger partial charge in [-0.25, -0.2) is 0 Å². The minimum absolute atomic E-state index is 0.0302. The summed E-state index contributed by atoms with van der Waals surface area (Å²) in [5.41, 5.74) is 5.77. The Morgan fingerprint density at radius 1 is 1.11 bits per heavy atom. The van der Waals surface area contributed by atoms with E-state index in [2.05, 4.69) is 10.9 Å². The first-order valence-corrected chi connectivity index (χ1v) is 9.68. The van der Waals surface area contributed by atoms with Gasteiger partial charge in [0.1, 0.15) is 0 Å². The Balaban J connectivity index is 1.34. The summed E-state index contributed by atoms with van der Waals surface area (Å²) in [5.74, 6) is 1.72. The number of nitro groups is 1. The van der Waals surface area contributed by atoms with Gasteiger partial charge in [0, 0.05) is 23.6 Å². The lowest BCUT2D eigenvalue weighted by Crippen LogP contribution is -2.50. The van der Waals surface area contributed by atoms with Crippen LogP contribution in [0.25, 0.3) is 0 Å². The fourth-order valence-electron chi connectivity index (χ4n) is 6.09. The highest BCUT2D eigenvalue weighted by atomic mass is 16.6. The standard InChI is InChI=1S/C20H25N3O4/c1-12-4-16(2-3-17(12)23(26)27)19(25)22-21-18(24)11-20-8-13-5-14(9-20)7-15(6-13)10-20/h2-4,13-15H,5-11H2,1H3,(H,21,24)(H,22,25). The van der Waals surface area contributed by atoms with E-state index in [9.17, 15) is 19.7 Å². The second-order valence-corrected chi connectivity index (χ2v) is 8.86. The number of hydrazine groups is 1. The van der Waals surface area contributed by atoms with Gasteiger partial charge in [-0.05, 0) is 80.8 Å². The van der Waals surface area contributed by atoms with Crippen molar-refractivity contribution in [2.45, 2.75) is 51.9 Å². The van der Waals surface area contributed by atoms with E-state index < -0.39 is 10.8 Å². The number of nitrogens with zero attached hydrogens (tertiary/aromatic N) is 1. The molecule has 7 nitrogen and oxygen atoms in total. The molecule has 0 radical (unpaired) electrons. The minimum atomic E-state index is -0.482. The largest absolute Gasteiger partial charge is 0.273 e. The molecule has 0 aliphatic heterocycles. The Morgan fingerprint density at radius 2 is 1.70 bits per heavy atom. The van der Waals surface area contributed by atoms with Crippen molar-refractivity contribution in [1.82, 2.24) is 10.9 Å². The highest BCUT2D eigenvalue weighted by Crippen LogP contribution is 2.61. The Hall–Kier alpha value is -2.44. The Morgan fingerprint density at radius 3 is 2.22 bits per heavy atom. The molecule has 2 amide bonds. The number of amides is 2. The molecular formula is C20H25N3O4. The van der Waals surface area contributed by atoms with E-state index in [-0.39, 0.29) is 22.6 Å². The number of hydrogen-bond donors (Lipinski definition) is 2. The van der Waals surface area contributed by atoms with Crippen molar-refractivity contribution in [2.75, 3.05) is 0 Å². The molecule has 4 saturated carbocycles. The first-order valence-electron chi connectivity index (χ1n) is 9.68. The molecule has 0 saturated heterocycles. The molecule has 5 rings (SSSR count). The fourth-order valence-corrected chi connectivity index (χ4v) is 6.09. The van der Waals surface area contributed by atoms with Gasteiger partial charge in [0.15, 0.2) is 0 Å². The number of aryl methyl sites for hydroxylation is 1. The normalized spacial score (nSPS) is 30.8. The van der Waals surface area contributed by atoms with Gasteiger partial charge in [0.25, 0.3) is 11.6 Å². The molecule has 27 heavy (non-hydrogen) atoms. The second kappa shape index (κ2) is 6.62. The number of rotatable bonds is 4. The third-order valence-electron chi connectivity index (χ3n) is 6.67. The number of carbonyl (C=O) groups excluding carboxylic acids is 2. The van der Waals surface area contributed by atoms with Crippen molar-refractivity contribution >= 4 is 17.5 Å². The van der Waals surface area contributed by atoms with Crippen LogP contribution in [0.2, 0.25) is 0 Å². The molecule has 0 atom stereocenters. The SMILES string of the molecule is Cc1cc(C(=O)NNC(=O)CC23CC4CC(CC(C4)C2)C3)ccc1[N+](=O)[O-]. The van der Waals surface area contributed by atoms with Crippen LogP contribution in [0.15, 0.2) is 18.2 Å². The van der Waals surface area contributed by atoms with Crippen LogP contribution in [0.5, 0.6) is 0 Å². The molecule has 144 valence electrons. The van der Waals surface area contributed by atoms with E-state index in [1.807, 2.05) is 0 Å². The smallest absolute Gasteiger partial charge is 0.272 e. The van der Waals surface area contributed by atoms with Gasteiger partial charge in [0.05, 0.1) is 4.92 Å². The maximum absolute atomic E-state index is 12.5. The first kappa shape index (κ1) is 17.9. The van der Waals surface area contributed by atoms with E-state index in [4.69, 9.17) is 0 Å². The maximum Gasteiger partial charge on any atom is 0.272 e. The fraction of sp³-hybridized carbons (Fsp3) is 0.600. The molecule has 7 heteroatoms. The summed E-state index contributed by atoms with van der Waals surface area (Å²) in [5, 5.41) is 10.9. The Kier molecular flexibility index (Phi) is 4.40. The Bertz CT molecular complexity index is 769. The van der Waals surface area contributed by atoms with Crippen molar-refractivity contribution in [2.24, 2.45) is 23.2 Å². The minimum Gasteiger partial charge on any atom is -0.273 e. The lowest BCUT2D eigenvalue weighted by Gasteiger charge is -2.56. The first-order chi connectivity index (χ1) is 12.8. The number of carbonyl (C=O) groups is 2. The number of benzene rings is 1. The monoisotopic (exact) mass is 371 g/mol. The summed E-state index contributed by atoms with van der Waals surface area (Å²) < 4.78 is 0. The zero-order chi connectivity index (χ0) is 19.2. The van der Waals surface area contributed by atoms with Crippen molar-refractivity contribution in [3.05, 3.63) is 39.4 Å². The molecule has 1 aromatic carbocycles. The average molecular weight is 371 g/mol. The third-order valence-corrected chi connectivity index (χ3v) is 6.67. The quantitative estimate of drug-likeness (QED) is 0.626. The highest BCUT2D eigenvalue weighted by molar-refractivity contribution is 5.95. The van der Waals surface area contributed by atoms with Crippen LogP contribution in [0.3, 0.4) is 0 Å². The van der Waals surface area contributed by atoms with Crippen LogP contribution in [0.1, 0.15) is 60.9 Å². The van der Waals surface area contributed by atoms with E-state index in [1.54, 1.807) is 6.92 Å². The lowest BCUT2D eigenvalue weighted by atomic mass is 9.49. The van der Waals surface area contributed by atoms with Gasteiger partial charge < -0.3 is 0 Å². The molecule has 1 aromatic rings. The van der Waals surface area contributed by atoms with E-state index >= 15 is 0 Å². The third kappa shape index (κ3) is 3.55. The highest BCUT2D eigenvalue weighted by Gasteiger charge is 2.51. The molecule has 4 fully saturated rings. The molecule has 0 heterocycles. The van der Waals surface area contributed by atoms with E-state index in [1.165, 1.54) is 37.5 Å². The topological polar surface area (TPSA) is 101 Å². The van der Waals surface area contributed by atoms with Crippen LogP contribution in [-0.2, 0) is 4.79 Å². The van der Waals surface area contributed by atoms with Crippen molar-refractivity contribution in [3.63, 3.8) is 0 Å². The number of hydrogen-bond acceptors (Lipinski definition) is 4. The maximum atomic E-state index is 12.5. The average Bonchev–Trinajstić information content (AvgIpc) is 2.57. The molecular weight excluding hydrogens is 346 g/mol. The zero-order valence-electron chi connectivity index (χ0n) is 15.5.